The lowest BCUT2D eigenvalue weighted by Gasteiger charge is -2.30. The van der Waals surface area contributed by atoms with Gasteiger partial charge in [-0.2, -0.15) is 0 Å². The topological polar surface area (TPSA) is 49.7 Å². The van der Waals surface area contributed by atoms with E-state index in [9.17, 15) is 10.2 Å². The summed E-state index contributed by atoms with van der Waals surface area (Å²) < 4.78 is 5.94. The van der Waals surface area contributed by atoms with Crippen molar-refractivity contribution in [1.82, 2.24) is 0 Å². The van der Waals surface area contributed by atoms with Gasteiger partial charge in [0.1, 0.15) is 17.6 Å². The number of rotatable bonds is 1. The molecule has 1 aliphatic rings. The van der Waals surface area contributed by atoms with Crippen LogP contribution in [0.2, 0.25) is 0 Å². The van der Waals surface area contributed by atoms with Gasteiger partial charge in [-0.25, -0.2) is 0 Å². The molecule has 0 spiro atoms. The Morgan fingerprint density at radius 1 is 1.11 bits per heavy atom. The molecule has 1 unspecified atom stereocenters. The summed E-state index contributed by atoms with van der Waals surface area (Å²) in [5, 5.41) is 19.5. The summed E-state index contributed by atoms with van der Waals surface area (Å²) in [6.07, 6.45) is -0.158. The molecule has 0 radical (unpaired) electrons. The van der Waals surface area contributed by atoms with Crippen LogP contribution in [0.1, 0.15) is 35.3 Å². The second kappa shape index (κ2) is 4.59. The molecule has 0 aliphatic carbocycles. The molecule has 98 valence electrons. The van der Waals surface area contributed by atoms with Crippen LogP contribution in [0.5, 0.6) is 11.5 Å². The largest absolute Gasteiger partial charge is 0.508 e. The zero-order chi connectivity index (χ0) is 13.4. The predicted molar refractivity (Wildman–Crippen MR) is 72.2 cm³/mol. The van der Waals surface area contributed by atoms with Crippen molar-refractivity contribution in [3.8, 4) is 11.5 Å². The monoisotopic (exact) mass is 256 g/mol. The molecule has 0 fully saturated rings. The molecule has 1 heterocycles. The molecule has 2 atom stereocenters. The number of phenolic OH excluding ortho intramolecular Hbond substituents is 1. The molecule has 2 aromatic carbocycles. The van der Waals surface area contributed by atoms with E-state index in [1.807, 2.05) is 37.3 Å². The normalized spacial score (nSPS) is 21.6. The van der Waals surface area contributed by atoms with Crippen molar-refractivity contribution in [2.75, 3.05) is 0 Å². The van der Waals surface area contributed by atoms with Crippen molar-refractivity contribution in [3.05, 3.63) is 59.2 Å². The summed E-state index contributed by atoms with van der Waals surface area (Å²) in [5.74, 6) is 0.971. The maximum Gasteiger partial charge on any atom is 0.127 e. The Balaban J connectivity index is 1.92. The van der Waals surface area contributed by atoms with Crippen LogP contribution in [-0.2, 0) is 0 Å². The molecule has 0 saturated carbocycles. The Morgan fingerprint density at radius 2 is 1.84 bits per heavy atom. The third kappa shape index (κ3) is 2.29. The number of fused-ring (bicyclic) bond motifs is 1. The number of benzene rings is 2. The fourth-order valence-corrected chi connectivity index (χ4v) is 2.46. The number of aliphatic hydroxyl groups is 1. The van der Waals surface area contributed by atoms with Gasteiger partial charge in [-0.1, -0.05) is 23.8 Å². The predicted octanol–water partition coefficient (Wildman–Crippen LogP) is 3.26. The molecule has 19 heavy (non-hydrogen) atoms. The van der Waals surface area contributed by atoms with Crippen LogP contribution in [0.4, 0.5) is 0 Å². The first-order chi connectivity index (χ1) is 9.13. The number of ether oxygens (including phenoxy) is 1. The number of hydrogen-bond donors (Lipinski definition) is 2. The minimum absolute atomic E-state index is 0.175. The lowest BCUT2D eigenvalue weighted by molar-refractivity contribution is 0.0656. The number of hydrogen-bond acceptors (Lipinski definition) is 3. The van der Waals surface area contributed by atoms with Crippen molar-refractivity contribution in [2.45, 2.75) is 25.6 Å². The van der Waals surface area contributed by atoms with E-state index in [-0.39, 0.29) is 11.9 Å². The van der Waals surface area contributed by atoms with E-state index < -0.39 is 6.10 Å². The second-order valence-electron chi connectivity index (χ2n) is 4.99. The van der Waals surface area contributed by atoms with E-state index in [1.54, 1.807) is 12.1 Å². The highest BCUT2D eigenvalue weighted by Gasteiger charge is 2.27. The maximum absolute atomic E-state index is 10.2. The molecular weight excluding hydrogens is 240 g/mol. The molecule has 0 saturated heterocycles. The van der Waals surface area contributed by atoms with Crippen LogP contribution < -0.4 is 4.74 Å². The van der Waals surface area contributed by atoms with Gasteiger partial charge < -0.3 is 14.9 Å². The van der Waals surface area contributed by atoms with Crippen LogP contribution in [0.15, 0.2) is 42.5 Å². The number of phenols is 1. The Kier molecular flexibility index (Phi) is 2.91. The van der Waals surface area contributed by atoms with Gasteiger partial charge in [0.2, 0.25) is 0 Å². The Labute approximate surface area is 112 Å². The molecule has 1 aliphatic heterocycles. The van der Waals surface area contributed by atoms with Gasteiger partial charge in [0.05, 0.1) is 6.10 Å². The summed E-state index contributed by atoms with van der Waals surface area (Å²) in [5.41, 5.74) is 2.93. The van der Waals surface area contributed by atoms with Crippen molar-refractivity contribution in [2.24, 2.45) is 0 Å². The van der Waals surface area contributed by atoms with Gasteiger partial charge in [-0.05, 0) is 36.8 Å². The van der Waals surface area contributed by atoms with E-state index in [2.05, 4.69) is 0 Å². The molecule has 2 aromatic rings. The lowest BCUT2D eigenvalue weighted by Crippen LogP contribution is -2.19. The average Bonchev–Trinajstić information content (AvgIpc) is 2.40. The van der Waals surface area contributed by atoms with Gasteiger partial charge in [-0.3, -0.25) is 0 Å². The fraction of sp³-hybridized carbons (Fsp3) is 0.250. The van der Waals surface area contributed by atoms with Crippen LogP contribution in [0.25, 0.3) is 0 Å². The molecular formula is C16H16O3. The van der Waals surface area contributed by atoms with Crippen molar-refractivity contribution in [1.29, 1.82) is 0 Å². The Bertz CT molecular complexity index is 589. The zero-order valence-corrected chi connectivity index (χ0v) is 10.7. The Morgan fingerprint density at radius 3 is 2.58 bits per heavy atom. The summed E-state index contributed by atoms with van der Waals surface area (Å²) >= 11 is 0. The highest BCUT2D eigenvalue weighted by molar-refractivity contribution is 5.41. The standard InChI is InChI=1S/C16H16O3/c1-10-2-7-15-13(8-10)14(18)9-16(19-15)11-3-5-12(17)6-4-11/h2-8,14,16-18H,9H2,1H3/t14-,16?/m0/s1. The van der Waals surface area contributed by atoms with Crippen LogP contribution in [0.3, 0.4) is 0 Å². The number of aryl methyl sites for hydroxylation is 1. The molecule has 0 aromatic heterocycles. The molecule has 3 nitrogen and oxygen atoms in total. The van der Waals surface area contributed by atoms with Crippen molar-refractivity contribution >= 4 is 0 Å². The minimum Gasteiger partial charge on any atom is -0.508 e. The van der Waals surface area contributed by atoms with E-state index in [1.165, 1.54) is 0 Å². The quantitative estimate of drug-likeness (QED) is 0.823. The van der Waals surface area contributed by atoms with E-state index in [0.29, 0.717) is 6.42 Å². The average molecular weight is 256 g/mol. The Hall–Kier alpha value is -2.00. The van der Waals surface area contributed by atoms with Crippen molar-refractivity contribution < 1.29 is 14.9 Å². The third-order valence-corrected chi connectivity index (χ3v) is 3.50. The van der Waals surface area contributed by atoms with Crippen LogP contribution >= 0.6 is 0 Å². The summed E-state index contributed by atoms with van der Waals surface area (Å²) in [4.78, 5) is 0. The summed E-state index contributed by atoms with van der Waals surface area (Å²) in [7, 11) is 0. The SMILES string of the molecule is Cc1ccc2c(c1)[C@@H](O)CC(c1ccc(O)cc1)O2. The third-order valence-electron chi connectivity index (χ3n) is 3.50. The fourth-order valence-electron chi connectivity index (χ4n) is 2.46. The molecule has 0 amide bonds. The highest BCUT2D eigenvalue weighted by atomic mass is 16.5. The molecule has 3 rings (SSSR count). The van der Waals surface area contributed by atoms with Gasteiger partial charge in [0.25, 0.3) is 0 Å². The summed E-state index contributed by atoms with van der Waals surface area (Å²) in [6.45, 7) is 2.00. The van der Waals surface area contributed by atoms with Crippen molar-refractivity contribution in [3.63, 3.8) is 0 Å². The van der Waals surface area contributed by atoms with Gasteiger partial charge >= 0.3 is 0 Å². The number of aromatic hydroxyl groups is 1. The van der Waals surface area contributed by atoms with Gasteiger partial charge in [0, 0.05) is 12.0 Å². The van der Waals surface area contributed by atoms with Gasteiger partial charge in [-0.15, -0.1) is 0 Å². The first-order valence-electron chi connectivity index (χ1n) is 6.37. The first kappa shape index (κ1) is 12.1. The van der Waals surface area contributed by atoms with Crippen LogP contribution in [-0.4, -0.2) is 10.2 Å². The molecule has 0 bridgehead atoms. The van der Waals surface area contributed by atoms with E-state index in [0.717, 1.165) is 22.4 Å². The molecule has 3 heteroatoms. The lowest BCUT2D eigenvalue weighted by atomic mass is 9.94. The number of aliphatic hydroxyl groups excluding tert-OH is 1. The van der Waals surface area contributed by atoms with Crippen LogP contribution in [0, 0.1) is 6.92 Å². The molecule has 2 N–H and O–H groups in total. The summed E-state index contributed by atoms with van der Waals surface area (Å²) in [6, 6.07) is 12.8. The maximum atomic E-state index is 10.2. The highest BCUT2D eigenvalue weighted by Crippen LogP contribution is 2.41. The smallest absolute Gasteiger partial charge is 0.127 e. The second-order valence-corrected chi connectivity index (χ2v) is 4.99. The van der Waals surface area contributed by atoms with E-state index in [4.69, 9.17) is 4.74 Å². The minimum atomic E-state index is -0.512. The van der Waals surface area contributed by atoms with E-state index >= 15 is 0 Å². The zero-order valence-electron chi connectivity index (χ0n) is 10.7. The first-order valence-corrected chi connectivity index (χ1v) is 6.37. The van der Waals surface area contributed by atoms with Gasteiger partial charge in [0.15, 0.2) is 0 Å².